The summed E-state index contributed by atoms with van der Waals surface area (Å²) in [6, 6.07) is 7.73. The summed E-state index contributed by atoms with van der Waals surface area (Å²) in [6.45, 7) is 0.684. The van der Waals surface area contributed by atoms with Crippen LogP contribution in [0.2, 0.25) is 0 Å². The Morgan fingerprint density at radius 2 is 1.94 bits per heavy atom. The minimum atomic E-state index is -0.378. The summed E-state index contributed by atoms with van der Waals surface area (Å²) >= 11 is 0. The summed E-state index contributed by atoms with van der Waals surface area (Å²) in [4.78, 5) is 10.9. The number of hydrogen-bond donors (Lipinski definition) is 1. The molecule has 2 N–H and O–H groups in total. The third kappa shape index (κ3) is 5.36. The van der Waals surface area contributed by atoms with E-state index in [1.807, 2.05) is 24.3 Å². The molecule has 0 radical (unpaired) electrons. The van der Waals surface area contributed by atoms with Gasteiger partial charge >= 0.3 is 5.97 Å². The van der Waals surface area contributed by atoms with Gasteiger partial charge < -0.3 is 15.2 Å². The molecule has 4 nitrogen and oxygen atoms in total. The van der Waals surface area contributed by atoms with E-state index < -0.39 is 0 Å². The predicted octanol–water partition coefficient (Wildman–Crippen LogP) is 1.52. The van der Waals surface area contributed by atoms with E-state index in [1.165, 1.54) is 12.7 Å². The Morgan fingerprint density at radius 3 is 2.53 bits per heavy atom. The molecule has 0 aliphatic heterocycles. The molecule has 1 aromatic carbocycles. The van der Waals surface area contributed by atoms with Gasteiger partial charge in [0, 0.05) is 0 Å². The van der Waals surface area contributed by atoms with Crippen molar-refractivity contribution < 1.29 is 14.3 Å². The van der Waals surface area contributed by atoms with Gasteiger partial charge in [-0.25, -0.2) is 4.79 Å². The highest BCUT2D eigenvalue weighted by molar-refractivity contribution is 5.70. The van der Waals surface area contributed by atoms with Crippen molar-refractivity contribution in [1.29, 1.82) is 0 Å². The zero-order chi connectivity index (χ0) is 12.5. The molecule has 0 atom stereocenters. The quantitative estimate of drug-likeness (QED) is 0.577. The van der Waals surface area contributed by atoms with Gasteiger partial charge in [0.05, 0.1) is 7.11 Å². The Labute approximate surface area is 102 Å². The zero-order valence-electron chi connectivity index (χ0n) is 10.1. The molecule has 4 heteroatoms. The fourth-order valence-electron chi connectivity index (χ4n) is 1.43. The molecular formula is C13H19NO3. The Bertz CT molecular complexity index is 335. The number of carbonyl (C=O) groups is 1. The van der Waals surface area contributed by atoms with E-state index in [9.17, 15) is 4.79 Å². The van der Waals surface area contributed by atoms with Gasteiger partial charge in [0.25, 0.3) is 0 Å². The molecule has 1 aromatic rings. The number of esters is 1. The van der Waals surface area contributed by atoms with Crippen molar-refractivity contribution in [3.8, 4) is 5.75 Å². The maximum atomic E-state index is 10.9. The van der Waals surface area contributed by atoms with Gasteiger partial charge in [-0.3, -0.25) is 0 Å². The smallest absolute Gasteiger partial charge is 0.343 e. The van der Waals surface area contributed by atoms with Crippen LogP contribution in [-0.2, 0) is 16.0 Å². The number of rotatable bonds is 7. The van der Waals surface area contributed by atoms with Crippen molar-refractivity contribution in [2.24, 2.45) is 5.73 Å². The molecule has 0 aliphatic rings. The largest absolute Gasteiger partial charge is 0.482 e. The number of methoxy groups -OCH3 is 1. The number of carbonyl (C=O) groups excluding carboxylic acids is 1. The standard InChI is InChI=1S/C13H19NO3/c1-16-13(15)10-17-12-7-5-11(6-8-12)4-2-3-9-14/h5-8H,2-4,9-10,14H2,1H3. The topological polar surface area (TPSA) is 61.5 Å². The molecule has 0 bridgehead atoms. The molecule has 0 aliphatic carbocycles. The number of hydrogen-bond acceptors (Lipinski definition) is 4. The molecular weight excluding hydrogens is 218 g/mol. The number of aryl methyl sites for hydroxylation is 1. The van der Waals surface area contributed by atoms with Crippen LogP contribution in [0.4, 0.5) is 0 Å². The van der Waals surface area contributed by atoms with Gasteiger partial charge in [-0.2, -0.15) is 0 Å². The number of ether oxygens (including phenoxy) is 2. The first-order chi connectivity index (χ1) is 8.26. The minimum absolute atomic E-state index is 0.0526. The fraction of sp³-hybridized carbons (Fsp3) is 0.462. The van der Waals surface area contributed by atoms with Crippen molar-refractivity contribution >= 4 is 5.97 Å². The van der Waals surface area contributed by atoms with E-state index >= 15 is 0 Å². The van der Waals surface area contributed by atoms with Gasteiger partial charge in [-0.1, -0.05) is 12.1 Å². The molecule has 1 rings (SSSR count). The Morgan fingerprint density at radius 1 is 1.24 bits per heavy atom. The van der Waals surface area contributed by atoms with Crippen molar-refractivity contribution in [1.82, 2.24) is 0 Å². The molecule has 0 fully saturated rings. The second kappa shape index (κ2) is 7.68. The Kier molecular flexibility index (Phi) is 6.10. The Balaban J connectivity index is 2.36. The van der Waals surface area contributed by atoms with E-state index in [0.717, 1.165) is 25.8 Å². The maximum absolute atomic E-state index is 10.9. The lowest BCUT2D eigenvalue weighted by molar-refractivity contribution is -0.142. The summed E-state index contributed by atoms with van der Waals surface area (Å²) in [5.41, 5.74) is 6.69. The SMILES string of the molecule is COC(=O)COc1ccc(CCCCN)cc1. The van der Waals surface area contributed by atoms with Gasteiger partial charge in [0.1, 0.15) is 5.75 Å². The average molecular weight is 237 g/mol. The molecule has 0 unspecified atom stereocenters. The fourth-order valence-corrected chi connectivity index (χ4v) is 1.43. The van der Waals surface area contributed by atoms with Crippen LogP contribution in [0.1, 0.15) is 18.4 Å². The van der Waals surface area contributed by atoms with Gasteiger partial charge in [0.2, 0.25) is 0 Å². The Hall–Kier alpha value is -1.55. The lowest BCUT2D eigenvalue weighted by Gasteiger charge is -2.06. The zero-order valence-corrected chi connectivity index (χ0v) is 10.1. The van der Waals surface area contributed by atoms with Crippen LogP contribution in [0.5, 0.6) is 5.75 Å². The molecule has 0 amide bonds. The van der Waals surface area contributed by atoms with E-state index in [2.05, 4.69) is 4.74 Å². The van der Waals surface area contributed by atoms with Gasteiger partial charge in [-0.15, -0.1) is 0 Å². The average Bonchev–Trinajstić information content (AvgIpc) is 2.37. The highest BCUT2D eigenvalue weighted by Gasteiger charge is 2.01. The van der Waals surface area contributed by atoms with Crippen LogP contribution in [0, 0.1) is 0 Å². The summed E-state index contributed by atoms with van der Waals surface area (Å²) < 4.78 is 9.73. The number of unbranched alkanes of at least 4 members (excludes halogenated alkanes) is 1. The first kappa shape index (κ1) is 13.5. The van der Waals surface area contributed by atoms with E-state index in [1.54, 1.807) is 0 Å². The second-order valence-electron chi connectivity index (χ2n) is 3.75. The third-order valence-electron chi connectivity index (χ3n) is 2.43. The molecule has 94 valence electrons. The summed E-state index contributed by atoms with van der Waals surface area (Å²) in [6.07, 6.45) is 3.16. The summed E-state index contributed by atoms with van der Waals surface area (Å²) in [5, 5.41) is 0. The maximum Gasteiger partial charge on any atom is 0.343 e. The molecule has 17 heavy (non-hydrogen) atoms. The highest BCUT2D eigenvalue weighted by atomic mass is 16.6. The molecule has 0 saturated heterocycles. The van der Waals surface area contributed by atoms with Crippen LogP contribution in [0.25, 0.3) is 0 Å². The lowest BCUT2D eigenvalue weighted by Crippen LogP contribution is -2.12. The molecule has 0 saturated carbocycles. The minimum Gasteiger partial charge on any atom is -0.482 e. The first-order valence-corrected chi connectivity index (χ1v) is 5.75. The molecule has 0 heterocycles. The second-order valence-corrected chi connectivity index (χ2v) is 3.75. The van der Waals surface area contributed by atoms with Crippen LogP contribution < -0.4 is 10.5 Å². The van der Waals surface area contributed by atoms with Crippen LogP contribution in [-0.4, -0.2) is 26.2 Å². The van der Waals surface area contributed by atoms with E-state index in [-0.39, 0.29) is 12.6 Å². The van der Waals surface area contributed by atoms with E-state index in [4.69, 9.17) is 10.5 Å². The van der Waals surface area contributed by atoms with Gasteiger partial charge in [-0.05, 0) is 43.5 Å². The van der Waals surface area contributed by atoms with E-state index in [0.29, 0.717) is 5.75 Å². The van der Waals surface area contributed by atoms with Crippen molar-refractivity contribution in [3.63, 3.8) is 0 Å². The van der Waals surface area contributed by atoms with Crippen molar-refractivity contribution in [2.75, 3.05) is 20.3 Å². The predicted molar refractivity (Wildman–Crippen MR) is 65.9 cm³/mol. The first-order valence-electron chi connectivity index (χ1n) is 5.75. The van der Waals surface area contributed by atoms with Crippen LogP contribution in [0.3, 0.4) is 0 Å². The third-order valence-corrected chi connectivity index (χ3v) is 2.43. The summed E-state index contributed by atoms with van der Waals surface area (Å²) in [5.74, 6) is 0.301. The van der Waals surface area contributed by atoms with Crippen molar-refractivity contribution in [3.05, 3.63) is 29.8 Å². The molecule has 0 spiro atoms. The highest BCUT2D eigenvalue weighted by Crippen LogP contribution is 2.13. The van der Waals surface area contributed by atoms with Crippen molar-refractivity contribution in [2.45, 2.75) is 19.3 Å². The lowest BCUT2D eigenvalue weighted by atomic mass is 10.1. The number of benzene rings is 1. The monoisotopic (exact) mass is 237 g/mol. The summed E-state index contributed by atoms with van der Waals surface area (Å²) in [7, 11) is 1.34. The van der Waals surface area contributed by atoms with Crippen LogP contribution in [0.15, 0.2) is 24.3 Å². The van der Waals surface area contributed by atoms with Crippen LogP contribution >= 0.6 is 0 Å². The molecule has 0 aromatic heterocycles. The van der Waals surface area contributed by atoms with Gasteiger partial charge in [0.15, 0.2) is 6.61 Å². The number of nitrogens with two attached hydrogens (primary N) is 1. The normalized spacial score (nSPS) is 10.0.